The van der Waals surface area contributed by atoms with Crippen molar-refractivity contribution in [1.82, 2.24) is 9.97 Å². The molecule has 0 bridgehead atoms. The fraction of sp³-hybridized carbons (Fsp3) is 0.316. The van der Waals surface area contributed by atoms with Gasteiger partial charge in [-0.2, -0.15) is 0 Å². The van der Waals surface area contributed by atoms with Crippen LogP contribution in [0.1, 0.15) is 20.8 Å². The molecule has 3 aromatic rings. The molecule has 2 heterocycles. The summed E-state index contributed by atoms with van der Waals surface area (Å²) in [5.41, 5.74) is 2.38. The summed E-state index contributed by atoms with van der Waals surface area (Å²) >= 11 is 7.46. The number of halogens is 1. The molecular weight excluding hydrogens is 402 g/mol. The number of aromatic nitrogens is 2. The van der Waals surface area contributed by atoms with Crippen molar-refractivity contribution in [3.05, 3.63) is 39.5 Å². The van der Waals surface area contributed by atoms with E-state index >= 15 is 0 Å². The summed E-state index contributed by atoms with van der Waals surface area (Å²) in [5, 5.41) is 4.66. The number of carbonyl (C=O) groups excluding carboxylic acids is 1. The van der Waals surface area contributed by atoms with Gasteiger partial charge < -0.3 is 19.5 Å². The van der Waals surface area contributed by atoms with Gasteiger partial charge in [0, 0.05) is 18.2 Å². The van der Waals surface area contributed by atoms with Crippen molar-refractivity contribution in [3.63, 3.8) is 0 Å². The van der Waals surface area contributed by atoms with Gasteiger partial charge in [0.25, 0.3) is 0 Å². The van der Waals surface area contributed by atoms with Crippen LogP contribution in [0.15, 0.2) is 18.5 Å². The van der Waals surface area contributed by atoms with Gasteiger partial charge in [-0.3, -0.25) is 0 Å². The molecule has 0 aliphatic rings. The van der Waals surface area contributed by atoms with Crippen LogP contribution in [-0.2, 0) is 9.47 Å². The van der Waals surface area contributed by atoms with Crippen LogP contribution in [-0.4, -0.2) is 43.4 Å². The molecule has 0 spiro atoms. The van der Waals surface area contributed by atoms with Gasteiger partial charge >= 0.3 is 5.97 Å². The van der Waals surface area contributed by atoms with Gasteiger partial charge in [-0.1, -0.05) is 11.6 Å². The van der Waals surface area contributed by atoms with E-state index < -0.39 is 5.97 Å². The molecule has 7 nitrogen and oxygen atoms in total. The number of hydrogen-bond acceptors (Lipinski definition) is 8. The molecule has 148 valence electrons. The quantitative estimate of drug-likeness (QED) is 0.443. The van der Waals surface area contributed by atoms with Crippen LogP contribution < -0.4 is 10.1 Å². The molecular formula is C19H20ClN3O4S. The number of rotatable bonds is 7. The molecule has 3 rings (SSSR count). The molecule has 9 heteroatoms. The van der Waals surface area contributed by atoms with Crippen molar-refractivity contribution in [2.75, 3.05) is 32.8 Å². The van der Waals surface area contributed by atoms with Gasteiger partial charge in [-0.05, 0) is 31.0 Å². The van der Waals surface area contributed by atoms with E-state index in [2.05, 4.69) is 15.3 Å². The first-order chi connectivity index (χ1) is 13.5. The molecule has 0 fully saturated rings. The monoisotopic (exact) mass is 421 g/mol. The second kappa shape index (κ2) is 8.72. The minimum absolute atomic E-state index is 0.195. The highest BCUT2D eigenvalue weighted by molar-refractivity contribution is 7.20. The lowest BCUT2D eigenvalue weighted by molar-refractivity contribution is 0.0393. The molecule has 0 saturated carbocycles. The Morgan fingerprint density at radius 3 is 2.71 bits per heavy atom. The number of ether oxygens (including phenoxy) is 3. The minimum atomic E-state index is -0.400. The maximum absolute atomic E-state index is 12.4. The molecule has 0 amide bonds. The highest BCUT2D eigenvalue weighted by Crippen LogP contribution is 2.38. The van der Waals surface area contributed by atoms with Gasteiger partial charge in [0.2, 0.25) is 0 Å². The predicted molar refractivity (Wildman–Crippen MR) is 110 cm³/mol. The zero-order valence-corrected chi connectivity index (χ0v) is 17.5. The predicted octanol–water partition coefficient (Wildman–Crippen LogP) is 4.52. The van der Waals surface area contributed by atoms with Crippen LogP contribution in [0.2, 0.25) is 5.02 Å². The Kier molecular flexibility index (Phi) is 6.33. The summed E-state index contributed by atoms with van der Waals surface area (Å²) in [6.07, 6.45) is 1.45. The minimum Gasteiger partial charge on any atom is -0.495 e. The highest BCUT2D eigenvalue weighted by Gasteiger charge is 2.21. The Balaban J connectivity index is 1.99. The molecule has 28 heavy (non-hydrogen) atoms. The van der Waals surface area contributed by atoms with E-state index in [9.17, 15) is 4.79 Å². The van der Waals surface area contributed by atoms with Crippen LogP contribution >= 0.6 is 22.9 Å². The number of methoxy groups -OCH3 is 2. The number of hydrogen-bond donors (Lipinski definition) is 1. The Hall–Kier alpha value is -2.42. The molecule has 0 atom stereocenters. The van der Waals surface area contributed by atoms with Crippen molar-refractivity contribution in [3.8, 4) is 5.75 Å². The van der Waals surface area contributed by atoms with E-state index in [1.165, 1.54) is 17.7 Å². The third-order valence-electron chi connectivity index (χ3n) is 4.17. The summed E-state index contributed by atoms with van der Waals surface area (Å²) in [7, 11) is 3.13. The number of thiophene rings is 1. The fourth-order valence-electron chi connectivity index (χ4n) is 2.70. The van der Waals surface area contributed by atoms with Crippen molar-refractivity contribution >= 4 is 50.6 Å². The number of aryl methyl sites for hydroxylation is 2. The number of anilines is 2. The van der Waals surface area contributed by atoms with Gasteiger partial charge in [0.1, 0.15) is 34.2 Å². The number of benzene rings is 1. The standard InChI is InChI=1S/C19H20ClN3O4S/c1-10-7-13(14(26-4)8-12(10)20)23-17-15-11(2)16(19(24)27-6-5-25-3)28-18(15)22-9-21-17/h7-9H,5-6H2,1-4H3,(H,21,22,23). The smallest absolute Gasteiger partial charge is 0.348 e. The molecule has 0 saturated heterocycles. The molecule has 1 N–H and O–H groups in total. The maximum Gasteiger partial charge on any atom is 0.348 e. The first kappa shape index (κ1) is 20.3. The summed E-state index contributed by atoms with van der Waals surface area (Å²) < 4.78 is 15.6. The summed E-state index contributed by atoms with van der Waals surface area (Å²) in [4.78, 5) is 22.2. The Morgan fingerprint density at radius 1 is 1.21 bits per heavy atom. The fourth-order valence-corrected chi connectivity index (χ4v) is 3.90. The Bertz CT molecular complexity index is 1020. The first-order valence-electron chi connectivity index (χ1n) is 8.47. The molecule has 1 aromatic carbocycles. The number of nitrogens with one attached hydrogen (secondary N) is 1. The Labute approximate surface area is 171 Å². The summed E-state index contributed by atoms with van der Waals surface area (Å²) in [5.74, 6) is 0.771. The number of fused-ring (bicyclic) bond motifs is 1. The van der Waals surface area contributed by atoms with Gasteiger partial charge in [0.05, 0.1) is 24.8 Å². The normalized spacial score (nSPS) is 10.9. The van der Waals surface area contributed by atoms with E-state index in [0.29, 0.717) is 32.9 Å². The zero-order valence-electron chi connectivity index (χ0n) is 16.0. The van der Waals surface area contributed by atoms with Crippen LogP contribution in [0, 0.1) is 13.8 Å². The van der Waals surface area contributed by atoms with E-state index in [-0.39, 0.29) is 6.61 Å². The molecule has 0 aliphatic carbocycles. The van der Waals surface area contributed by atoms with Crippen LogP contribution in [0.25, 0.3) is 10.2 Å². The van der Waals surface area contributed by atoms with Crippen molar-refractivity contribution < 1.29 is 19.0 Å². The van der Waals surface area contributed by atoms with E-state index in [1.54, 1.807) is 20.3 Å². The van der Waals surface area contributed by atoms with E-state index in [0.717, 1.165) is 22.2 Å². The summed E-state index contributed by atoms with van der Waals surface area (Å²) in [6, 6.07) is 3.63. The van der Waals surface area contributed by atoms with Crippen LogP contribution in [0.3, 0.4) is 0 Å². The lowest BCUT2D eigenvalue weighted by Gasteiger charge is -2.13. The van der Waals surface area contributed by atoms with Crippen LogP contribution in [0.4, 0.5) is 11.5 Å². The third-order valence-corrected chi connectivity index (χ3v) is 5.75. The van der Waals surface area contributed by atoms with Gasteiger partial charge in [-0.25, -0.2) is 14.8 Å². The average Bonchev–Trinajstić information content (AvgIpc) is 3.02. The first-order valence-corrected chi connectivity index (χ1v) is 9.67. The summed E-state index contributed by atoms with van der Waals surface area (Å²) in [6.45, 7) is 4.30. The molecule has 2 aromatic heterocycles. The highest BCUT2D eigenvalue weighted by atomic mass is 35.5. The number of esters is 1. The lowest BCUT2D eigenvalue weighted by atomic mass is 10.1. The number of nitrogens with zero attached hydrogens (tertiary/aromatic N) is 2. The Morgan fingerprint density at radius 2 is 2.00 bits per heavy atom. The largest absolute Gasteiger partial charge is 0.495 e. The molecule has 0 radical (unpaired) electrons. The van der Waals surface area contributed by atoms with Crippen LogP contribution in [0.5, 0.6) is 5.75 Å². The van der Waals surface area contributed by atoms with Crippen molar-refractivity contribution in [2.24, 2.45) is 0 Å². The second-order valence-corrected chi connectivity index (χ2v) is 7.42. The molecule has 0 aliphatic heterocycles. The second-order valence-electron chi connectivity index (χ2n) is 6.01. The van der Waals surface area contributed by atoms with Crippen molar-refractivity contribution in [1.29, 1.82) is 0 Å². The number of carbonyl (C=O) groups is 1. The molecule has 0 unspecified atom stereocenters. The van der Waals surface area contributed by atoms with Gasteiger partial charge in [-0.15, -0.1) is 11.3 Å². The van der Waals surface area contributed by atoms with Crippen molar-refractivity contribution in [2.45, 2.75) is 13.8 Å². The SMILES string of the molecule is COCCOC(=O)c1sc2ncnc(Nc3cc(C)c(Cl)cc3OC)c2c1C. The average molecular weight is 422 g/mol. The third kappa shape index (κ3) is 4.04. The van der Waals surface area contributed by atoms with Gasteiger partial charge in [0.15, 0.2) is 0 Å². The topological polar surface area (TPSA) is 82.6 Å². The maximum atomic E-state index is 12.4. The lowest BCUT2D eigenvalue weighted by Crippen LogP contribution is -2.09. The van der Waals surface area contributed by atoms with E-state index in [1.807, 2.05) is 19.9 Å². The van der Waals surface area contributed by atoms with E-state index in [4.69, 9.17) is 25.8 Å². The zero-order chi connectivity index (χ0) is 20.3.